The Bertz CT molecular complexity index is 979. The lowest BCUT2D eigenvalue weighted by Crippen LogP contribution is -2.79. The minimum absolute atomic E-state index is 0.00698. The number of ether oxygens (including phenoxy) is 4. The lowest BCUT2D eigenvalue weighted by Gasteiger charge is -2.65. The van der Waals surface area contributed by atoms with Gasteiger partial charge < -0.3 is 24.1 Å². The number of aliphatic hydroxyl groups is 1. The summed E-state index contributed by atoms with van der Waals surface area (Å²) in [5, 5.41) is 12.5. The van der Waals surface area contributed by atoms with Crippen LogP contribution in [0.15, 0.2) is 12.1 Å². The number of likely N-dealkylation sites (tertiary alicyclic amines) is 1. The maximum Gasteiger partial charge on any atom is 0.228 e. The van der Waals surface area contributed by atoms with E-state index < -0.39 is 22.9 Å². The molecule has 1 N–H and O–H groups in total. The molecule has 2 aliphatic carbocycles. The molecule has 3 saturated heterocycles. The average molecular weight is 424 g/mol. The summed E-state index contributed by atoms with van der Waals surface area (Å²) >= 11 is 0. The Balaban J connectivity index is 1.40. The van der Waals surface area contributed by atoms with Crippen LogP contribution in [0, 0.1) is 6.57 Å². The van der Waals surface area contributed by atoms with Crippen LogP contribution in [0.5, 0.6) is 5.75 Å². The summed E-state index contributed by atoms with van der Waals surface area (Å²) in [5.74, 6) is -0.178. The first kappa shape index (κ1) is 18.8. The maximum absolute atomic E-state index is 12.5. The van der Waals surface area contributed by atoms with Gasteiger partial charge in [0.25, 0.3) is 0 Å². The largest absolute Gasteiger partial charge is 0.494 e. The summed E-state index contributed by atoms with van der Waals surface area (Å²) in [6.45, 7) is 11.4. The van der Waals surface area contributed by atoms with Gasteiger partial charge in [-0.2, -0.15) is 0 Å². The van der Waals surface area contributed by atoms with E-state index in [-0.39, 0.29) is 12.1 Å². The molecule has 1 aromatic carbocycles. The molecule has 7 rings (SSSR count). The summed E-state index contributed by atoms with van der Waals surface area (Å²) in [5.41, 5.74) is 1.25. The van der Waals surface area contributed by atoms with Crippen LogP contribution in [0.25, 0.3) is 4.85 Å². The van der Waals surface area contributed by atoms with Crippen LogP contribution < -0.4 is 4.74 Å². The number of hydrogen-bond donors (Lipinski definition) is 1. The quantitative estimate of drug-likeness (QED) is 0.736. The molecule has 2 spiro atoms. The highest BCUT2D eigenvalue weighted by molar-refractivity contribution is 5.70. The van der Waals surface area contributed by atoms with Crippen molar-refractivity contribution in [3.05, 3.63) is 34.7 Å². The summed E-state index contributed by atoms with van der Waals surface area (Å²) in [4.78, 5) is 6.22. The molecule has 2 bridgehead atoms. The van der Waals surface area contributed by atoms with Crippen molar-refractivity contribution in [3.8, 4) is 5.75 Å². The van der Waals surface area contributed by atoms with Gasteiger partial charge in [0.15, 0.2) is 6.10 Å². The first-order chi connectivity index (χ1) is 15.1. The van der Waals surface area contributed by atoms with Gasteiger partial charge in [0.2, 0.25) is 11.5 Å². The molecule has 7 nitrogen and oxygen atoms in total. The minimum Gasteiger partial charge on any atom is -0.494 e. The predicted molar refractivity (Wildman–Crippen MR) is 110 cm³/mol. The molecular formula is C24H28N2O5. The van der Waals surface area contributed by atoms with Crippen LogP contribution in [-0.4, -0.2) is 72.6 Å². The molecule has 4 heterocycles. The van der Waals surface area contributed by atoms with Gasteiger partial charge in [-0.15, -0.1) is 0 Å². The fourth-order valence-corrected chi connectivity index (χ4v) is 7.71. The highest BCUT2D eigenvalue weighted by atomic mass is 16.8. The van der Waals surface area contributed by atoms with Crippen molar-refractivity contribution >= 4 is 5.69 Å². The normalized spacial score (nSPS) is 41.7. The van der Waals surface area contributed by atoms with Gasteiger partial charge in [-0.25, -0.2) is 4.85 Å². The summed E-state index contributed by atoms with van der Waals surface area (Å²) in [7, 11) is 0. The van der Waals surface area contributed by atoms with E-state index in [9.17, 15) is 5.11 Å². The van der Waals surface area contributed by atoms with Crippen LogP contribution in [0.4, 0.5) is 5.69 Å². The zero-order valence-electron chi connectivity index (χ0n) is 17.6. The summed E-state index contributed by atoms with van der Waals surface area (Å²) < 4.78 is 25.0. The number of nitrogens with zero attached hydrogens (tertiary/aromatic N) is 2. The van der Waals surface area contributed by atoms with E-state index in [0.29, 0.717) is 37.5 Å². The maximum atomic E-state index is 12.5. The van der Waals surface area contributed by atoms with E-state index in [1.807, 2.05) is 6.07 Å². The molecule has 0 amide bonds. The van der Waals surface area contributed by atoms with E-state index >= 15 is 0 Å². The van der Waals surface area contributed by atoms with Crippen LogP contribution in [-0.2, 0) is 26.0 Å². The van der Waals surface area contributed by atoms with Crippen LogP contribution in [0.1, 0.15) is 43.2 Å². The molecule has 4 aliphatic heterocycles. The lowest BCUT2D eigenvalue weighted by atomic mass is 9.48. The number of piperidine rings is 1. The molecule has 31 heavy (non-hydrogen) atoms. The van der Waals surface area contributed by atoms with E-state index in [4.69, 9.17) is 25.5 Å². The van der Waals surface area contributed by atoms with Crippen molar-refractivity contribution in [2.24, 2.45) is 0 Å². The average Bonchev–Trinajstić information content (AvgIpc) is 3.51. The topological polar surface area (TPSA) is 64.8 Å². The van der Waals surface area contributed by atoms with Crippen molar-refractivity contribution in [2.75, 3.05) is 32.9 Å². The molecule has 164 valence electrons. The van der Waals surface area contributed by atoms with Crippen LogP contribution in [0.2, 0.25) is 0 Å². The molecule has 3 unspecified atom stereocenters. The monoisotopic (exact) mass is 424 g/mol. The first-order valence-corrected chi connectivity index (χ1v) is 11.7. The second kappa shape index (κ2) is 6.21. The zero-order chi connectivity index (χ0) is 20.8. The van der Waals surface area contributed by atoms with Crippen LogP contribution in [0.3, 0.4) is 0 Å². The number of hydrogen-bond acceptors (Lipinski definition) is 6. The molecule has 0 radical (unpaired) electrons. The zero-order valence-corrected chi connectivity index (χ0v) is 17.6. The lowest BCUT2D eigenvalue weighted by molar-refractivity contribution is -0.297. The second-order valence-corrected chi connectivity index (χ2v) is 10.1. The van der Waals surface area contributed by atoms with Gasteiger partial charge in [0, 0.05) is 25.6 Å². The van der Waals surface area contributed by atoms with Crippen molar-refractivity contribution in [1.29, 1.82) is 0 Å². The molecule has 7 heteroatoms. The number of rotatable bonds is 2. The Morgan fingerprint density at radius 1 is 1.16 bits per heavy atom. The highest BCUT2D eigenvalue weighted by Crippen LogP contribution is 2.68. The van der Waals surface area contributed by atoms with E-state index in [2.05, 4.69) is 15.8 Å². The van der Waals surface area contributed by atoms with Gasteiger partial charge in [-0.1, -0.05) is 12.1 Å². The molecule has 4 fully saturated rings. The first-order valence-electron chi connectivity index (χ1n) is 11.7. The van der Waals surface area contributed by atoms with Gasteiger partial charge in [0.1, 0.15) is 5.75 Å². The number of fused-ring (bicyclic) bond motifs is 1. The SMILES string of the molecule is [C-]#[N+]c1ccc2c3c1OC1C4(CCC5(O)[C@@H](C2)N(CC2CCCO2)CC[C@]315)OCCO4. The Kier molecular flexibility index (Phi) is 3.77. The van der Waals surface area contributed by atoms with Gasteiger partial charge in [0.05, 0.1) is 36.9 Å². The smallest absolute Gasteiger partial charge is 0.228 e. The molecule has 1 aromatic rings. The van der Waals surface area contributed by atoms with E-state index in [1.54, 1.807) is 0 Å². The molecule has 5 atom stereocenters. The summed E-state index contributed by atoms with van der Waals surface area (Å²) in [6, 6.07) is 3.97. The van der Waals surface area contributed by atoms with Gasteiger partial charge >= 0.3 is 0 Å². The summed E-state index contributed by atoms with van der Waals surface area (Å²) in [6.07, 6.45) is 4.81. The third kappa shape index (κ3) is 2.16. The van der Waals surface area contributed by atoms with Crippen molar-refractivity contribution in [3.63, 3.8) is 0 Å². The second-order valence-electron chi connectivity index (χ2n) is 10.1. The van der Waals surface area contributed by atoms with Crippen molar-refractivity contribution in [2.45, 2.75) is 73.6 Å². The Labute approximate surface area is 182 Å². The molecular weight excluding hydrogens is 396 g/mol. The predicted octanol–water partition coefficient (Wildman–Crippen LogP) is 2.31. The third-order valence-corrected chi connectivity index (χ3v) is 8.94. The molecule has 6 aliphatic rings. The van der Waals surface area contributed by atoms with E-state index in [1.165, 1.54) is 5.56 Å². The van der Waals surface area contributed by atoms with Gasteiger partial charge in [-0.05, 0) is 49.8 Å². The Morgan fingerprint density at radius 2 is 2.03 bits per heavy atom. The molecule has 1 saturated carbocycles. The fraction of sp³-hybridized carbons (Fsp3) is 0.708. The Morgan fingerprint density at radius 3 is 2.81 bits per heavy atom. The fourth-order valence-electron chi connectivity index (χ4n) is 7.71. The van der Waals surface area contributed by atoms with Crippen molar-refractivity contribution < 1.29 is 24.1 Å². The molecule has 0 aromatic heterocycles. The van der Waals surface area contributed by atoms with Gasteiger partial charge in [-0.3, -0.25) is 4.90 Å². The highest BCUT2D eigenvalue weighted by Gasteiger charge is 2.77. The van der Waals surface area contributed by atoms with E-state index in [0.717, 1.165) is 50.9 Å². The Hall–Kier alpha value is -1.69. The van der Waals surface area contributed by atoms with Crippen molar-refractivity contribution in [1.82, 2.24) is 4.90 Å². The third-order valence-electron chi connectivity index (χ3n) is 8.94. The minimum atomic E-state index is -0.937. The van der Waals surface area contributed by atoms with Crippen LogP contribution >= 0.6 is 0 Å². The standard InChI is InChI=1S/C24H28N2O5/c1-25-17-5-4-15-13-18-23(27)6-7-24(29-11-12-30-24)21-22(23,19(15)20(17)31-21)8-9-26(18)14-16-3-2-10-28-16/h4-5,16,18,21,27H,2-3,6-14H2/t16?,18-,21?,22+,23?/m1/s1. The number of benzene rings is 1.